The van der Waals surface area contributed by atoms with Crippen molar-refractivity contribution in [3.8, 4) is 0 Å². The molecular weight excluding hydrogens is 168 g/mol. The zero-order valence-electron chi connectivity index (χ0n) is 8.29. The van der Waals surface area contributed by atoms with Crippen LogP contribution < -0.4 is 11.1 Å². The van der Waals surface area contributed by atoms with Gasteiger partial charge >= 0.3 is 6.01 Å². The van der Waals surface area contributed by atoms with E-state index in [1.54, 1.807) is 6.92 Å². The summed E-state index contributed by atoms with van der Waals surface area (Å²) < 4.78 is 4.87. The Morgan fingerprint density at radius 1 is 1.54 bits per heavy atom. The Hall–Kier alpha value is -1.10. The predicted octanol–water partition coefficient (Wildman–Crippen LogP) is 0.917. The van der Waals surface area contributed by atoms with Gasteiger partial charge in [0.2, 0.25) is 0 Å². The summed E-state index contributed by atoms with van der Waals surface area (Å²) in [5.74, 6) is 0.634. The maximum Gasteiger partial charge on any atom is 0.321 e. The van der Waals surface area contributed by atoms with Crippen molar-refractivity contribution < 1.29 is 4.52 Å². The molecule has 0 saturated carbocycles. The highest BCUT2D eigenvalue weighted by Gasteiger charge is 2.10. The molecule has 0 aromatic carbocycles. The highest BCUT2D eigenvalue weighted by molar-refractivity contribution is 5.17. The average Bonchev–Trinajstić information content (AvgIpc) is 2.33. The molecule has 5 nitrogen and oxygen atoms in total. The highest BCUT2D eigenvalue weighted by Crippen LogP contribution is 2.06. The van der Waals surface area contributed by atoms with Crippen LogP contribution in [0.15, 0.2) is 4.52 Å². The molecule has 0 bridgehead atoms. The van der Waals surface area contributed by atoms with Crippen LogP contribution in [-0.4, -0.2) is 22.2 Å². The van der Waals surface area contributed by atoms with E-state index in [0.717, 1.165) is 13.0 Å². The lowest BCUT2D eigenvalue weighted by atomic mass is 10.0. The van der Waals surface area contributed by atoms with Crippen molar-refractivity contribution in [3.05, 3.63) is 5.82 Å². The molecule has 3 N–H and O–H groups in total. The van der Waals surface area contributed by atoms with E-state index in [2.05, 4.69) is 15.5 Å². The molecule has 0 amide bonds. The first kappa shape index (κ1) is 9.98. The summed E-state index contributed by atoms with van der Waals surface area (Å²) in [7, 11) is 0. The van der Waals surface area contributed by atoms with Gasteiger partial charge in [-0.3, -0.25) is 0 Å². The molecule has 0 unspecified atom stereocenters. The van der Waals surface area contributed by atoms with E-state index < -0.39 is 0 Å². The number of aromatic nitrogens is 2. The predicted molar refractivity (Wildman–Crippen MR) is 50.4 cm³/mol. The van der Waals surface area contributed by atoms with Gasteiger partial charge in [0, 0.05) is 12.1 Å². The second-order valence-electron chi connectivity index (χ2n) is 3.81. The van der Waals surface area contributed by atoms with Gasteiger partial charge in [-0.15, -0.1) is 0 Å². The quantitative estimate of drug-likeness (QED) is 0.727. The first-order chi connectivity index (χ1) is 5.97. The maximum absolute atomic E-state index is 5.80. The summed E-state index contributed by atoms with van der Waals surface area (Å²) in [5.41, 5.74) is 5.63. The van der Waals surface area contributed by atoms with Crippen LogP contribution in [0.3, 0.4) is 0 Å². The zero-order chi connectivity index (χ0) is 9.90. The van der Waals surface area contributed by atoms with Gasteiger partial charge in [-0.25, -0.2) is 0 Å². The topological polar surface area (TPSA) is 77.0 Å². The summed E-state index contributed by atoms with van der Waals surface area (Å²) >= 11 is 0. The number of nitrogens with two attached hydrogens (primary N) is 1. The Morgan fingerprint density at radius 3 is 2.69 bits per heavy atom. The molecule has 0 atom stereocenters. The van der Waals surface area contributed by atoms with Crippen molar-refractivity contribution in [3.63, 3.8) is 0 Å². The van der Waals surface area contributed by atoms with E-state index in [0.29, 0.717) is 11.8 Å². The van der Waals surface area contributed by atoms with E-state index in [1.165, 1.54) is 0 Å². The lowest BCUT2D eigenvalue weighted by Crippen LogP contribution is -2.34. The molecule has 0 radical (unpaired) electrons. The summed E-state index contributed by atoms with van der Waals surface area (Å²) in [6.45, 7) is 6.48. The summed E-state index contributed by atoms with van der Waals surface area (Å²) in [6, 6.07) is 0.460. The number of nitrogens with one attached hydrogen (secondary N) is 1. The van der Waals surface area contributed by atoms with Gasteiger partial charge in [0.1, 0.15) is 0 Å². The number of nitrogens with zero attached hydrogens (tertiary/aromatic N) is 2. The number of rotatable bonds is 4. The lowest BCUT2D eigenvalue weighted by molar-refractivity contribution is 0.421. The molecule has 0 spiro atoms. The fourth-order valence-electron chi connectivity index (χ4n) is 0.860. The highest BCUT2D eigenvalue weighted by atomic mass is 16.5. The molecule has 0 aliphatic carbocycles. The molecule has 1 aromatic rings. The fourth-order valence-corrected chi connectivity index (χ4v) is 0.860. The average molecular weight is 184 g/mol. The molecule has 74 valence electrons. The molecule has 5 heteroatoms. The lowest BCUT2D eigenvalue weighted by Gasteiger charge is -2.17. The van der Waals surface area contributed by atoms with Crippen LogP contribution in [0.1, 0.15) is 26.1 Å². The van der Waals surface area contributed by atoms with Crippen LogP contribution >= 0.6 is 0 Å². The van der Waals surface area contributed by atoms with E-state index in [4.69, 9.17) is 10.3 Å². The molecule has 1 heterocycles. The minimum Gasteiger partial charge on any atom is -0.338 e. The molecule has 13 heavy (non-hydrogen) atoms. The first-order valence-corrected chi connectivity index (χ1v) is 4.30. The number of anilines is 1. The smallest absolute Gasteiger partial charge is 0.321 e. The van der Waals surface area contributed by atoms with Crippen LogP contribution in [0, 0.1) is 6.92 Å². The third kappa shape index (κ3) is 3.89. The molecule has 0 aliphatic heterocycles. The van der Waals surface area contributed by atoms with Crippen molar-refractivity contribution in [1.29, 1.82) is 0 Å². The fraction of sp³-hybridized carbons (Fsp3) is 0.750. The van der Waals surface area contributed by atoms with Crippen molar-refractivity contribution in [2.24, 2.45) is 5.73 Å². The minimum atomic E-state index is -0.165. The second kappa shape index (κ2) is 3.74. The van der Waals surface area contributed by atoms with Crippen molar-refractivity contribution >= 4 is 6.01 Å². The van der Waals surface area contributed by atoms with Gasteiger partial charge < -0.3 is 15.6 Å². The summed E-state index contributed by atoms with van der Waals surface area (Å²) in [5, 5.41) is 6.65. The zero-order valence-corrected chi connectivity index (χ0v) is 8.29. The Bertz CT molecular complexity index is 263. The molecular formula is C8H16N4O. The Labute approximate surface area is 77.7 Å². The largest absolute Gasteiger partial charge is 0.338 e. The van der Waals surface area contributed by atoms with E-state index in [-0.39, 0.29) is 5.54 Å². The standard InChI is InChI=1S/C8H16N4O/c1-6-11-7(13-12-6)10-5-4-8(2,3)9/h4-5,9H2,1-3H3,(H,10,11,12). The maximum atomic E-state index is 5.80. The van der Waals surface area contributed by atoms with Crippen LogP contribution in [-0.2, 0) is 0 Å². The van der Waals surface area contributed by atoms with Gasteiger partial charge in [-0.05, 0) is 27.2 Å². The molecule has 0 aliphatic rings. The Morgan fingerprint density at radius 2 is 2.23 bits per heavy atom. The Balaban J connectivity index is 2.28. The van der Waals surface area contributed by atoms with Crippen molar-refractivity contribution in [2.45, 2.75) is 32.7 Å². The molecule has 1 rings (SSSR count). The van der Waals surface area contributed by atoms with Crippen molar-refractivity contribution in [1.82, 2.24) is 10.1 Å². The Kier molecular flexibility index (Phi) is 2.87. The monoisotopic (exact) mass is 184 g/mol. The summed E-state index contributed by atoms with van der Waals surface area (Å²) in [6.07, 6.45) is 0.856. The second-order valence-corrected chi connectivity index (χ2v) is 3.81. The van der Waals surface area contributed by atoms with Gasteiger partial charge in [-0.1, -0.05) is 5.16 Å². The van der Waals surface area contributed by atoms with Gasteiger partial charge in [-0.2, -0.15) is 4.98 Å². The molecule has 0 saturated heterocycles. The van der Waals surface area contributed by atoms with Crippen LogP contribution in [0.25, 0.3) is 0 Å². The SMILES string of the molecule is Cc1noc(NCCC(C)(C)N)n1. The van der Waals surface area contributed by atoms with Crippen LogP contribution in [0.2, 0.25) is 0 Å². The first-order valence-electron chi connectivity index (χ1n) is 4.30. The van der Waals surface area contributed by atoms with E-state index >= 15 is 0 Å². The summed E-state index contributed by atoms with van der Waals surface area (Å²) in [4.78, 5) is 4.00. The number of aryl methyl sites for hydroxylation is 1. The number of hydrogen-bond acceptors (Lipinski definition) is 5. The third-order valence-electron chi connectivity index (χ3n) is 1.57. The minimum absolute atomic E-state index is 0.165. The number of hydrogen-bond donors (Lipinski definition) is 2. The van der Waals surface area contributed by atoms with E-state index in [1.807, 2.05) is 13.8 Å². The van der Waals surface area contributed by atoms with Gasteiger partial charge in [0.25, 0.3) is 0 Å². The normalized spacial score (nSPS) is 11.7. The third-order valence-corrected chi connectivity index (χ3v) is 1.57. The van der Waals surface area contributed by atoms with Gasteiger partial charge in [0.15, 0.2) is 5.82 Å². The van der Waals surface area contributed by atoms with E-state index in [9.17, 15) is 0 Å². The van der Waals surface area contributed by atoms with Crippen LogP contribution in [0.4, 0.5) is 6.01 Å². The van der Waals surface area contributed by atoms with Gasteiger partial charge in [0.05, 0.1) is 0 Å². The van der Waals surface area contributed by atoms with Crippen molar-refractivity contribution in [2.75, 3.05) is 11.9 Å². The molecule has 0 fully saturated rings. The van der Waals surface area contributed by atoms with Crippen LogP contribution in [0.5, 0.6) is 0 Å². The molecule has 1 aromatic heterocycles.